The lowest BCUT2D eigenvalue weighted by atomic mass is 10.1. The van der Waals surface area contributed by atoms with Gasteiger partial charge in [0.2, 0.25) is 0 Å². The van der Waals surface area contributed by atoms with Crippen LogP contribution < -0.4 is 0 Å². The predicted octanol–water partition coefficient (Wildman–Crippen LogP) is 1.51. The highest BCUT2D eigenvalue weighted by molar-refractivity contribution is 7.86. The number of rotatable bonds is 2. The smallest absolute Gasteiger partial charge is 0.295 e. The topological polar surface area (TPSA) is 74.6 Å². The van der Waals surface area contributed by atoms with Crippen LogP contribution in [0.15, 0.2) is 17.0 Å². The molecule has 0 radical (unpaired) electrons. The van der Waals surface area contributed by atoms with Crippen molar-refractivity contribution in [3.63, 3.8) is 0 Å². The Kier molecular flexibility index (Phi) is 2.82. The number of phenols is 1. The van der Waals surface area contributed by atoms with Crippen LogP contribution in [-0.2, 0) is 16.5 Å². The van der Waals surface area contributed by atoms with E-state index in [-0.39, 0.29) is 16.2 Å². The third-order valence-electron chi connectivity index (χ3n) is 2.04. The zero-order chi connectivity index (χ0) is 10.9. The molecule has 0 amide bonds. The molecule has 0 bridgehead atoms. The molecule has 0 saturated carbocycles. The first-order valence-electron chi connectivity index (χ1n) is 4.16. The Morgan fingerprint density at radius 2 is 1.93 bits per heavy atom. The monoisotopic (exact) mass is 216 g/mol. The number of phenolic OH excluding ortho intramolecular Hbond substituents is 1. The standard InChI is InChI=1S/C9H12O4S/c1-3-7-8(10)5-4-6(2)9(7)14(11,12)13/h4-5,10H,3H2,1-2H3,(H,11,12,13). The molecular formula is C9H12O4S. The molecule has 0 saturated heterocycles. The van der Waals surface area contributed by atoms with Crippen molar-refractivity contribution in [1.29, 1.82) is 0 Å². The van der Waals surface area contributed by atoms with E-state index in [4.69, 9.17) is 4.55 Å². The maximum atomic E-state index is 11.0. The summed E-state index contributed by atoms with van der Waals surface area (Å²) in [4.78, 5) is -0.181. The molecular weight excluding hydrogens is 204 g/mol. The summed E-state index contributed by atoms with van der Waals surface area (Å²) in [6.07, 6.45) is 0.350. The number of hydrogen-bond donors (Lipinski definition) is 2. The lowest BCUT2D eigenvalue weighted by Gasteiger charge is -2.09. The van der Waals surface area contributed by atoms with Crippen LogP contribution in [0, 0.1) is 6.92 Å². The van der Waals surface area contributed by atoms with Crippen molar-refractivity contribution in [1.82, 2.24) is 0 Å². The van der Waals surface area contributed by atoms with Gasteiger partial charge in [-0.1, -0.05) is 13.0 Å². The minimum atomic E-state index is -4.26. The van der Waals surface area contributed by atoms with E-state index < -0.39 is 10.1 Å². The fourth-order valence-corrected chi connectivity index (χ4v) is 2.47. The lowest BCUT2D eigenvalue weighted by Crippen LogP contribution is -2.05. The van der Waals surface area contributed by atoms with Gasteiger partial charge in [0.15, 0.2) is 0 Å². The molecule has 0 aliphatic carbocycles. The van der Waals surface area contributed by atoms with E-state index in [1.165, 1.54) is 12.1 Å². The van der Waals surface area contributed by atoms with Crippen LogP contribution in [-0.4, -0.2) is 18.1 Å². The SMILES string of the molecule is CCc1c(O)ccc(C)c1S(=O)(=O)O. The molecule has 78 valence electrons. The van der Waals surface area contributed by atoms with E-state index in [0.717, 1.165) is 0 Å². The van der Waals surface area contributed by atoms with Crippen molar-refractivity contribution in [2.75, 3.05) is 0 Å². The van der Waals surface area contributed by atoms with E-state index in [9.17, 15) is 13.5 Å². The van der Waals surface area contributed by atoms with Gasteiger partial charge in [-0.3, -0.25) is 4.55 Å². The summed E-state index contributed by atoms with van der Waals surface area (Å²) in [7, 11) is -4.26. The lowest BCUT2D eigenvalue weighted by molar-refractivity contribution is 0.458. The summed E-state index contributed by atoms with van der Waals surface area (Å²) in [5.41, 5.74) is 0.689. The van der Waals surface area contributed by atoms with Gasteiger partial charge in [-0.05, 0) is 25.0 Å². The average molecular weight is 216 g/mol. The zero-order valence-corrected chi connectivity index (χ0v) is 8.80. The summed E-state index contributed by atoms with van der Waals surface area (Å²) in [5, 5.41) is 9.40. The molecule has 0 fully saturated rings. The molecule has 4 nitrogen and oxygen atoms in total. The Balaban J connectivity index is 3.63. The Labute approximate surface area is 82.9 Å². The minimum absolute atomic E-state index is 0.106. The van der Waals surface area contributed by atoms with Gasteiger partial charge in [-0.2, -0.15) is 8.42 Å². The molecule has 0 heterocycles. The third-order valence-corrected chi connectivity index (χ3v) is 3.13. The molecule has 0 spiro atoms. The second kappa shape index (κ2) is 3.59. The van der Waals surface area contributed by atoms with Crippen LogP contribution in [0.3, 0.4) is 0 Å². The molecule has 0 unspecified atom stereocenters. The maximum Gasteiger partial charge on any atom is 0.295 e. The normalized spacial score (nSPS) is 11.6. The van der Waals surface area contributed by atoms with Gasteiger partial charge in [-0.15, -0.1) is 0 Å². The van der Waals surface area contributed by atoms with E-state index in [2.05, 4.69) is 0 Å². The molecule has 0 atom stereocenters. The largest absolute Gasteiger partial charge is 0.508 e. The van der Waals surface area contributed by atoms with Gasteiger partial charge in [0.05, 0.1) is 0 Å². The molecule has 2 N–H and O–H groups in total. The average Bonchev–Trinajstić information content (AvgIpc) is 2.06. The fraction of sp³-hybridized carbons (Fsp3) is 0.333. The van der Waals surface area contributed by atoms with Crippen molar-refractivity contribution in [2.45, 2.75) is 25.2 Å². The van der Waals surface area contributed by atoms with E-state index >= 15 is 0 Å². The summed E-state index contributed by atoms with van der Waals surface area (Å²) in [6.45, 7) is 3.28. The Hall–Kier alpha value is -1.07. The van der Waals surface area contributed by atoms with Crippen LogP contribution in [0.2, 0.25) is 0 Å². The van der Waals surface area contributed by atoms with Crippen LogP contribution in [0.5, 0.6) is 5.75 Å². The van der Waals surface area contributed by atoms with Gasteiger partial charge in [0.1, 0.15) is 10.6 Å². The van der Waals surface area contributed by atoms with Crippen molar-refractivity contribution < 1.29 is 18.1 Å². The van der Waals surface area contributed by atoms with E-state index in [0.29, 0.717) is 12.0 Å². The van der Waals surface area contributed by atoms with Crippen molar-refractivity contribution >= 4 is 10.1 Å². The highest BCUT2D eigenvalue weighted by Gasteiger charge is 2.19. The van der Waals surface area contributed by atoms with Crippen molar-refractivity contribution in [3.05, 3.63) is 23.3 Å². The number of aromatic hydroxyl groups is 1. The van der Waals surface area contributed by atoms with Gasteiger partial charge in [-0.25, -0.2) is 0 Å². The van der Waals surface area contributed by atoms with Gasteiger partial charge >= 0.3 is 0 Å². The third kappa shape index (κ3) is 1.88. The first-order valence-corrected chi connectivity index (χ1v) is 5.61. The van der Waals surface area contributed by atoms with Gasteiger partial charge in [0, 0.05) is 5.56 Å². The second-order valence-electron chi connectivity index (χ2n) is 3.04. The fourth-order valence-electron chi connectivity index (χ4n) is 1.44. The van der Waals surface area contributed by atoms with Crippen LogP contribution in [0.25, 0.3) is 0 Å². The Morgan fingerprint density at radius 1 is 1.36 bits per heavy atom. The molecule has 0 aliphatic heterocycles. The molecule has 1 aromatic rings. The molecule has 1 rings (SSSR count). The highest BCUT2D eigenvalue weighted by Crippen LogP contribution is 2.28. The summed E-state index contributed by atoms with van der Waals surface area (Å²) < 4.78 is 31.0. The zero-order valence-electron chi connectivity index (χ0n) is 7.98. The highest BCUT2D eigenvalue weighted by atomic mass is 32.2. The van der Waals surface area contributed by atoms with Crippen LogP contribution in [0.1, 0.15) is 18.1 Å². The quantitative estimate of drug-likeness (QED) is 0.735. The minimum Gasteiger partial charge on any atom is -0.508 e. The molecule has 0 aromatic heterocycles. The van der Waals surface area contributed by atoms with Crippen LogP contribution in [0.4, 0.5) is 0 Å². The number of benzene rings is 1. The Bertz CT molecular complexity index is 448. The summed E-state index contributed by atoms with van der Waals surface area (Å²) >= 11 is 0. The first kappa shape index (κ1) is 11.0. The number of hydrogen-bond acceptors (Lipinski definition) is 3. The molecule has 14 heavy (non-hydrogen) atoms. The van der Waals surface area contributed by atoms with E-state index in [1.807, 2.05) is 0 Å². The molecule has 1 aromatic carbocycles. The summed E-state index contributed by atoms with van der Waals surface area (Å²) in [6, 6.07) is 2.88. The second-order valence-corrected chi connectivity index (χ2v) is 4.40. The first-order chi connectivity index (χ1) is 6.38. The molecule has 5 heteroatoms. The Morgan fingerprint density at radius 3 is 2.29 bits per heavy atom. The van der Waals surface area contributed by atoms with Crippen molar-refractivity contribution in [2.24, 2.45) is 0 Å². The number of aryl methyl sites for hydroxylation is 1. The van der Waals surface area contributed by atoms with Gasteiger partial charge in [0.25, 0.3) is 10.1 Å². The van der Waals surface area contributed by atoms with Gasteiger partial charge < -0.3 is 5.11 Å². The maximum absolute atomic E-state index is 11.0. The molecule has 0 aliphatic rings. The van der Waals surface area contributed by atoms with E-state index in [1.54, 1.807) is 13.8 Å². The summed E-state index contributed by atoms with van der Waals surface area (Å²) in [5.74, 6) is -0.106. The predicted molar refractivity (Wildman–Crippen MR) is 52.0 cm³/mol. The van der Waals surface area contributed by atoms with Crippen molar-refractivity contribution in [3.8, 4) is 5.75 Å². The van der Waals surface area contributed by atoms with Crippen LogP contribution >= 0.6 is 0 Å².